The van der Waals surface area contributed by atoms with Crippen molar-refractivity contribution >= 4 is 0 Å². The Morgan fingerprint density at radius 2 is 1.95 bits per heavy atom. The van der Waals surface area contributed by atoms with E-state index in [1.807, 2.05) is 14.0 Å². The molecule has 2 rings (SSSR count). The zero-order chi connectivity index (χ0) is 13.8. The molecular formula is C16H21N3. The Labute approximate surface area is 115 Å². The summed E-state index contributed by atoms with van der Waals surface area (Å²) in [5.41, 5.74) is 5.79. The zero-order valence-electron chi connectivity index (χ0n) is 12.1. The van der Waals surface area contributed by atoms with E-state index in [4.69, 9.17) is 0 Å². The summed E-state index contributed by atoms with van der Waals surface area (Å²) in [5, 5.41) is 11.9. The average molecular weight is 255 g/mol. The lowest BCUT2D eigenvalue weighted by Gasteiger charge is -2.20. The average Bonchev–Trinajstić information content (AvgIpc) is 2.40. The summed E-state index contributed by atoms with van der Waals surface area (Å²) < 4.78 is 0. The minimum atomic E-state index is 0.170. The van der Waals surface area contributed by atoms with Crippen LogP contribution < -0.4 is 5.32 Å². The fraction of sp³-hybridized carbons (Fsp3) is 0.375. The van der Waals surface area contributed by atoms with E-state index in [0.29, 0.717) is 0 Å². The number of aromatic nitrogens is 2. The summed E-state index contributed by atoms with van der Waals surface area (Å²) in [6.45, 7) is 6.22. The Morgan fingerprint density at radius 3 is 2.58 bits per heavy atom. The van der Waals surface area contributed by atoms with Crippen molar-refractivity contribution in [3.8, 4) is 0 Å². The number of nitrogens with one attached hydrogen (secondary N) is 1. The van der Waals surface area contributed by atoms with Gasteiger partial charge in [0.1, 0.15) is 0 Å². The molecule has 3 nitrogen and oxygen atoms in total. The van der Waals surface area contributed by atoms with E-state index in [-0.39, 0.29) is 6.04 Å². The zero-order valence-corrected chi connectivity index (χ0v) is 12.1. The van der Waals surface area contributed by atoms with Crippen molar-refractivity contribution in [2.75, 3.05) is 7.05 Å². The van der Waals surface area contributed by atoms with Gasteiger partial charge in [-0.15, -0.1) is 0 Å². The number of hydrogen-bond acceptors (Lipinski definition) is 3. The summed E-state index contributed by atoms with van der Waals surface area (Å²) in [5.74, 6) is 0. The lowest BCUT2D eigenvalue weighted by molar-refractivity contribution is 0.668. The fourth-order valence-electron chi connectivity index (χ4n) is 2.41. The van der Waals surface area contributed by atoms with Crippen LogP contribution in [-0.2, 0) is 6.42 Å². The number of aryl methyl sites for hydroxylation is 3. The van der Waals surface area contributed by atoms with E-state index >= 15 is 0 Å². The second-order valence-corrected chi connectivity index (χ2v) is 4.88. The first-order chi connectivity index (χ1) is 9.15. The number of rotatable bonds is 4. The molecule has 0 bridgehead atoms. The molecule has 0 aliphatic rings. The molecule has 1 N–H and O–H groups in total. The lowest BCUT2D eigenvalue weighted by Crippen LogP contribution is -2.20. The van der Waals surface area contributed by atoms with Gasteiger partial charge in [-0.25, -0.2) is 0 Å². The van der Waals surface area contributed by atoms with Crippen molar-refractivity contribution in [2.24, 2.45) is 0 Å². The minimum Gasteiger partial charge on any atom is -0.309 e. The Hall–Kier alpha value is -1.74. The largest absolute Gasteiger partial charge is 0.309 e. The predicted octanol–water partition coefficient (Wildman–Crippen LogP) is 2.96. The Morgan fingerprint density at radius 1 is 1.16 bits per heavy atom. The molecule has 1 heterocycles. The van der Waals surface area contributed by atoms with Gasteiger partial charge in [-0.1, -0.05) is 36.8 Å². The van der Waals surface area contributed by atoms with Crippen molar-refractivity contribution in [1.82, 2.24) is 15.5 Å². The molecule has 0 saturated heterocycles. The fourth-order valence-corrected chi connectivity index (χ4v) is 2.41. The van der Waals surface area contributed by atoms with Gasteiger partial charge in [0.2, 0.25) is 0 Å². The van der Waals surface area contributed by atoms with E-state index in [2.05, 4.69) is 59.7 Å². The minimum absolute atomic E-state index is 0.170. The van der Waals surface area contributed by atoms with Gasteiger partial charge in [0.15, 0.2) is 0 Å². The highest BCUT2D eigenvalue weighted by Crippen LogP contribution is 2.25. The number of hydrogen-bond donors (Lipinski definition) is 1. The molecule has 1 atom stereocenters. The second-order valence-electron chi connectivity index (χ2n) is 4.88. The first kappa shape index (κ1) is 13.7. The van der Waals surface area contributed by atoms with Crippen LogP contribution in [0.2, 0.25) is 0 Å². The molecule has 0 amide bonds. The van der Waals surface area contributed by atoms with Gasteiger partial charge in [-0.2, -0.15) is 10.2 Å². The standard InChI is InChI=1S/C16H21N3/c1-5-15-14(10-12(3)18-19-15)16(17-4)13-8-6-7-11(2)9-13/h6-10,16-17H,5H2,1-4H3. The maximum absolute atomic E-state index is 4.32. The molecule has 0 aliphatic heterocycles. The summed E-state index contributed by atoms with van der Waals surface area (Å²) in [4.78, 5) is 0. The smallest absolute Gasteiger partial charge is 0.0679 e. The monoisotopic (exact) mass is 255 g/mol. The molecule has 100 valence electrons. The first-order valence-corrected chi connectivity index (χ1v) is 6.72. The molecule has 1 aromatic carbocycles. The van der Waals surface area contributed by atoms with Gasteiger partial charge in [0.05, 0.1) is 17.4 Å². The van der Waals surface area contributed by atoms with Crippen LogP contribution in [0, 0.1) is 13.8 Å². The van der Waals surface area contributed by atoms with Crippen LogP contribution in [-0.4, -0.2) is 17.2 Å². The molecule has 0 radical (unpaired) electrons. The van der Waals surface area contributed by atoms with Crippen LogP contribution in [0.4, 0.5) is 0 Å². The third-order valence-electron chi connectivity index (χ3n) is 3.34. The van der Waals surface area contributed by atoms with Gasteiger partial charge in [0, 0.05) is 0 Å². The van der Waals surface area contributed by atoms with Gasteiger partial charge in [-0.05, 0) is 44.5 Å². The molecule has 0 spiro atoms. The number of nitrogens with zero attached hydrogens (tertiary/aromatic N) is 2. The molecule has 1 aromatic heterocycles. The second kappa shape index (κ2) is 5.93. The Balaban J connectivity index is 2.50. The maximum Gasteiger partial charge on any atom is 0.0679 e. The predicted molar refractivity (Wildman–Crippen MR) is 78.2 cm³/mol. The molecule has 19 heavy (non-hydrogen) atoms. The van der Waals surface area contributed by atoms with Gasteiger partial charge in [-0.3, -0.25) is 0 Å². The van der Waals surface area contributed by atoms with Gasteiger partial charge < -0.3 is 5.32 Å². The molecule has 0 aliphatic carbocycles. The Bertz CT molecular complexity index is 564. The van der Waals surface area contributed by atoms with Gasteiger partial charge in [0.25, 0.3) is 0 Å². The normalized spacial score (nSPS) is 12.4. The quantitative estimate of drug-likeness (QED) is 0.912. The van der Waals surface area contributed by atoms with E-state index < -0.39 is 0 Å². The van der Waals surface area contributed by atoms with Crippen LogP contribution in [0.1, 0.15) is 41.0 Å². The van der Waals surface area contributed by atoms with Crippen LogP contribution >= 0.6 is 0 Å². The number of benzene rings is 1. The molecule has 0 saturated carbocycles. The van der Waals surface area contributed by atoms with E-state index in [9.17, 15) is 0 Å². The Kier molecular flexibility index (Phi) is 4.27. The van der Waals surface area contributed by atoms with E-state index in [1.54, 1.807) is 0 Å². The van der Waals surface area contributed by atoms with Crippen molar-refractivity contribution in [3.63, 3.8) is 0 Å². The summed E-state index contributed by atoms with van der Waals surface area (Å²) in [6.07, 6.45) is 0.895. The van der Waals surface area contributed by atoms with Crippen molar-refractivity contribution in [1.29, 1.82) is 0 Å². The van der Waals surface area contributed by atoms with Crippen LogP contribution in [0.3, 0.4) is 0 Å². The van der Waals surface area contributed by atoms with E-state index in [1.165, 1.54) is 16.7 Å². The highest BCUT2D eigenvalue weighted by atomic mass is 15.1. The van der Waals surface area contributed by atoms with E-state index in [0.717, 1.165) is 17.8 Å². The lowest BCUT2D eigenvalue weighted by atomic mass is 9.95. The molecule has 3 heteroatoms. The molecule has 2 aromatic rings. The third kappa shape index (κ3) is 2.99. The summed E-state index contributed by atoms with van der Waals surface area (Å²) in [6, 6.07) is 10.9. The van der Waals surface area contributed by atoms with Crippen molar-refractivity contribution < 1.29 is 0 Å². The summed E-state index contributed by atoms with van der Waals surface area (Å²) >= 11 is 0. The SMILES string of the molecule is CCc1nnc(C)cc1C(NC)c1cccc(C)c1. The first-order valence-electron chi connectivity index (χ1n) is 6.72. The molecule has 0 fully saturated rings. The van der Waals surface area contributed by atoms with Crippen LogP contribution in [0.5, 0.6) is 0 Å². The van der Waals surface area contributed by atoms with Crippen molar-refractivity contribution in [2.45, 2.75) is 33.2 Å². The maximum atomic E-state index is 4.32. The molecular weight excluding hydrogens is 234 g/mol. The summed E-state index contributed by atoms with van der Waals surface area (Å²) in [7, 11) is 1.99. The van der Waals surface area contributed by atoms with Crippen LogP contribution in [0.25, 0.3) is 0 Å². The van der Waals surface area contributed by atoms with Crippen LogP contribution in [0.15, 0.2) is 30.3 Å². The highest BCUT2D eigenvalue weighted by molar-refractivity contribution is 5.36. The third-order valence-corrected chi connectivity index (χ3v) is 3.34. The molecule has 1 unspecified atom stereocenters. The van der Waals surface area contributed by atoms with Gasteiger partial charge >= 0.3 is 0 Å². The highest BCUT2D eigenvalue weighted by Gasteiger charge is 2.16. The van der Waals surface area contributed by atoms with Crippen molar-refractivity contribution in [3.05, 3.63) is 58.4 Å². The topological polar surface area (TPSA) is 37.8 Å².